The van der Waals surface area contributed by atoms with Crippen molar-refractivity contribution < 1.29 is 4.79 Å². The second-order valence-electron chi connectivity index (χ2n) is 11.6. The molecule has 0 N–H and O–H groups in total. The minimum absolute atomic E-state index is 0.308. The van der Waals surface area contributed by atoms with E-state index in [9.17, 15) is 4.79 Å². The van der Waals surface area contributed by atoms with Gasteiger partial charge in [0.2, 0.25) is 5.91 Å². The Morgan fingerprint density at radius 2 is 1.78 bits per heavy atom. The molecule has 0 bridgehead atoms. The molecule has 4 heteroatoms. The minimum atomic E-state index is 0.308. The van der Waals surface area contributed by atoms with Crippen molar-refractivity contribution in [1.29, 1.82) is 0 Å². The molecule has 1 aromatic heterocycles. The topological polar surface area (TPSA) is 28.5 Å². The van der Waals surface area contributed by atoms with Crippen LogP contribution in [-0.2, 0) is 11.3 Å². The molecule has 0 radical (unpaired) electrons. The molecule has 4 saturated heterocycles. The summed E-state index contributed by atoms with van der Waals surface area (Å²) in [6.45, 7) is 6.54. The second kappa shape index (κ2) is 8.92. The summed E-state index contributed by atoms with van der Waals surface area (Å²) < 4.78 is 2.35. The van der Waals surface area contributed by atoms with Crippen LogP contribution in [0.15, 0.2) is 60.3 Å². The molecule has 5 heterocycles. The first-order chi connectivity index (χ1) is 17.7. The van der Waals surface area contributed by atoms with Crippen LogP contribution in [0.1, 0.15) is 55.2 Å². The lowest BCUT2D eigenvalue weighted by atomic mass is 9.67. The molecule has 36 heavy (non-hydrogen) atoms. The van der Waals surface area contributed by atoms with Crippen LogP contribution < -0.4 is 0 Å². The largest absolute Gasteiger partial charge is 0.342 e. The number of fused-ring (bicyclic) bond motifs is 3. The van der Waals surface area contributed by atoms with Crippen molar-refractivity contribution in [3.8, 4) is 0 Å². The Balaban J connectivity index is 1.20. The molecule has 4 aliphatic rings. The van der Waals surface area contributed by atoms with Crippen molar-refractivity contribution in [2.45, 2.75) is 64.1 Å². The fraction of sp³-hybridized carbons (Fsp3) is 0.469. The highest BCUT2D eigenvalue weighted by atomic mass is 16.2. The van der Waals surface area contributed by atoms with E-state index in [-0.39, 0.29) is 0 Å². The molecule has 4 atom stereocenters. The summed E-state index contributed by atoms with van der Waals surface area (Å²) in [5, 5.41) is 1.24. The number of benzene rings is 2. The lowest BCUT2D eigenvalue weighted by Gasteiger charge is -2.58. The van der Waals surface area contributed by atoms with Crippen LogP contribution in [0.5, 0.6) is 0 Å². The molecule has 1 amide bonds. The third-order valence-electron chi connectivity index (χ3n) is 9.67. The smallest absolute Gasteiger partial charge is 0.250 e. The van der Waals surface area contributed by atoms with E-state index < -0.39 is 0 Å². The van der Waals surface area contributed by atoms with Gasteiger partial charge in [0.15, 0.2) is 0 Å². The van der Waals surface area contributed by atoms with Gasteiger partial charge in [-0.2, -0.15) is 0 Å². The SMILES string of the molecule is Cc1ccccc1Cn1cc(/C=C2\CC[C@@H]3[C@H]4CCCN5CCC[C@H](CN3C2=O)[C@@H]45)c2ccccc21. The number of hydrogen-bond acceptors (Lipinski definition) is 2. The first kappa shape index (κ1) is 22.4. The Kier molecular flexibility index (Phi) is 5.54. The average molecular weight is 480 g/mol. The lowest BCUT2D eigenvalue weighted by molar-refractivity contribution is -0.145. The Hall–Kier alpha value is -2.85. The number of hydrogen-bond donors (Lipinski definition) is 0. The highest BCUT2D eigenvalue weighted by molar-refractivity contribution is 6.01. The van der Waals surface area contributed by atoms with Crippen LogP contribution in [0.3, 0.4) is 0 Å². The highest BCUT2D eigenvalue weighted by Crippen LogP contribution is 2.45. The Morgan fingerprint density at radius 1 is 0.972 bits per heavy atom. The van der Waals surface area contributed by atoms with E-state index in [0.29, 0.717) is 23.8 Å². The van der Waals surface area contributed by atoms with Crippen molar-refractivity contribution in [2.24, 2.45) is 11.8 Å². The first-order valence-electron chi connectivity index (χ1n) is 14.1. The number of nitrogens with zero attached hydrogens (tertiary/aromatic N) is 3. The number of aromatic nitrogens is 1. The zero-order chi connectivity index (χ0) is 24.2. The summed E-state index contributed by atoms with van der Waals surface area (Å²) in [6, 6.07) is 18.4. The number of para-hydroxylation sites is 1. The van der Waals surface area contributed by atoms with Gasteiger partial charge in [0.25, 0.3) is 0 Å². The van der Waals surface area contributed by atoms with Crippen molar-refractivity contribution in [3.63, 3.8) is 0 Å². The minimum Gasteiger partial charge on any atom is -0.342 e. The molecule has 0 saturated carbocycles. The monoisotopic (exact) mass is 479 g/mol. The van der Waals surface area contributed by atoms with Crippen molar-refractivity contribution in [1.82, 2.24) is 14.4 Å². The van der Waals surface area contributed by atoms with Crippen LogP contribution in [-0.4, -0.2) is 52.0 Å². The maximum absolute atomic E-state index is 13.9. The van der Waals surface area contributed by atoms with Gasteiger partial charge >= 0.3 is 0 Å². The van der Waals surface area contributed by atoms with E-state index in [2.05, 4.69) is 82.1 Å². The van der Waals surface area contributed by atoms with Gasteiger partial charge in [-0.3, -0.25) is 9.69 Å². The fourth-order valence-electron chi connectivity index (χ4n) is 8.01. The van der Waals surface area contributed by atoms with Crippen LogP contribution in [0, 0.1) is 18.8 Å². The second-order valence-corrected chi connectivity index (χ2v) is 11.6. The number of carbonyl (C=O) groups excluding carboxylic acids is 1. The van der Waals surface area contributed by atoms with Crippen molar-refractivity contribution >= 4 is 22.9 Å². The Labute approximate surface area is 214 Å². The third-order valence-corrected chi connectivity index (χ3v) is 9.67. The number of rotatable bonds is 3. The summed E-state index contributed by atoms with van der Waals surface area (Å²) in [4.78, 5) is 19.0. The molecule has 186 valence electrons. The summed E-state index contributed by atoms with van der Waals surface area (Å²) >= 11 is 0. The first-order valence-corrected chi connectivity index (χ1v) is 14.1. The number of amides is 1. The van der Waals surface area contributed by atoms with Gasteiger partial charge in [-0.15, -0.1) is 0 Å². The van der Waals surface area contributed by atoms with E-state index in [1.807, 2.05) is 0 Å². The number of aryl methyl sites for hydroxylation is 1. The van der Waals surface area contributed by atoms with Gasteiger partial charge < -0.3 is 9.47 Å². The van der Waals surface area contributed by atoms with Crippen LogP contribution in [0.4, 0.5) is 0 Å². The van der Waals surface area contributed by atoms with Gasteiger partial charge in [-0.25, -0.2) is 0 Å². The molecule has 4 fully saturated rings. The van der Waals surface area contributed by atoms with E-state index >= 15 is 0 Å². The van der Waals surface area contributed by atoms with Gasteiger partial charge in [-0.05, 0) is 93.6 Å². The van der Waals surface area contributed by atoms with Gasteiger partial charge in [0, 0.05) is 53.4 Å². The predicted molar refractivity (Wildman–Crippen MR) is 146 cm³/mol. The average Bonchev–Trinajstić information content (AvgIpc) is 3.25. The summed E-state index contributed by atoms with van der Waals surface area (Å²) in [6.07, 6.45) is 11.7. The van der Waals surface area contributed by atoms with Crippen molar-refractivity contribution in [2.75, 3.05) is 19.6 Å². The molecular formula is C32H37N3O. The van der Waals surface area contributed by atoms with E-state index in [1.165, 1.54) is 66.4 Å². The molecule has 0 spiro atoms. The standard InChI is InChI=1S/C32H37N3O/c1-22-8-2-3-9-24(22)19-34-20-26(27-11-4-5-13-29(27)34)18-23-14-15-30-28-12-7-17-33-16-6-10-25(31(28)33)21-35(30)32(23)36/h2-5,8-9,11,13,18,20,25,28,30-31H,6-7,10,12,14-17,19,21H2,1H3/b23-18+/t25-,28-,30-,31+/m1/s1. The molecule has 0 aliphatic carbocycles. The predicted octanol–water partition coefficient (Wildman–Crippen LogP) is 5.88. The lowest BCUT2D eigenvalue weighted by Crippen LogP contribution is -2.66. The quantitative estimate of drug-likeness (QED) is 0.439. The van der Waals surface area contributed by atoms with E-state index in [0.717, 1.165) is 37.5 Å². The summed E-state index contributed by atoms with van der Waals surface area (Å²) in [7, 11) is 0. The summed E-state index contributed by atoms with van der Waals surface area (Å²) in [5.74, 6) is 1.65. The molecule has 7 rings (SSSR count). The Bertz CT molecular complexity index is 1330. The van der Waals surface area contributed by atoms with Crippen LogP contribution in [0.2, 0.25) is 0 Å². The van der Waals surface area contributed by atoms with Gasteiger partial charge in [0.05, 0.1) is 0 Å². The van der Waals surface area contributed by atoms with Crippen LogP contribution >= 0.6 is 0 Å². The van der Waals surface area contributed by atoms with Gasteiger partial charge in [-0.1, -0.05) is 42.5 Å². The molecule has 4 aliphatic heterocycles. The number of carbonyl (C=O) groups is 1. The normalized spacial score (nSPS) is 29.4. The summed E-state index contributed by atoms with van der Waals surface area (Å²) in [5.41, 5.74) is 6.07. The van der Waals surface area contributed by atoms with E-state index in [1.54, 1.807) is 0 Å². The van der Waals surface area contributed by atoms with Crippen molar-refractivity contribution in [3.05, 3.63) is 77.0 Å². The molecule has 2 aromatic carbocycles. The molecule has 3 aromatic rings. The maximum atomic E-state index is 13.9. The maximum Gasteiger partial charge on any atom is 0.250 e. The fourth-order valence-corrected chi connectivity index (χ4v) is 8.01. The highest BCUT2D eigenvalue weighted by Gasteiger charge is 2.51. The molecular weight excluding hydrogens is 442 g/mol. The number of piperidine rings is 4. The molecule has 4 nitrogen and oxygen atoms in total. The third kappa shape index (κ3) is 3.64. The molecule has 0 unspecified atom stereocenters. The Morgan fingerprint density at radius 3 is 2.67 bits per heavy atom. The van der Waals surface area contributed by atoms with Crippen LogP contribution in [0.25, 0.3) is 17.0 Å². The zero-order valence-corrected chi connectivity index (χ0v) is 21.4. The zero-order valence-electron chi connectivity index (χ0n) is 21.4. The van der Waals surface area contributed by atoms with Gasteiger partial charge in [0.1, 0.15) is 0 Å². The van der Waals surface area contributed by atoms with E-state index in [4.69, 9.17) is 0 Å².